The monoisotopic (exact) mass is 364 g/mol. The van der Waals surface area contributed by atoms with Crippen molar-refractivity contribution in [2.45, 2.75) is 12.8 Å². The van der Waals surface area contributed by atoms with Crippen molar-refractivity contribution in [3.63, 3.8) is 0 Å². The number of nitrogens with one attached hydrogen (secondary N) is 2. The number of ether oxygens (including phenoxy) is 2. The molecule has 0 saturated heterocycles. The maximum Gasteiger partial charge on any atom is 0.229 e. The highest BCUT2D eigenvalue weighted by Crippen LogP contribution is 2.30. The minimum atomic E-state index is 0.506. The first-order valence-corrected chi connectivity index (χ1v) is 8.88. The average molecular weight is 364 g/mol. The lowest BCUT2D eigenvalue weighted by atomic mass is 10.1. The quantitative estimate of drug-likeness (QED) is 0.552. The van der Waals surface area contributed by atoms with Crippen LogP contribution in [0, 0.1) is 0 Å². The first-order chi connectivity index (χ1) is 13.3. The van der Waals surface area contributed by atoms with Gasteiger partial charge in [0.2, 0.25) is 5.95 Å². The van der Waals surface area contributed by atoms with Gasteiger partial charge in [-0.05, 0) is 36.6 Å². The molecule has 0 bridgehead atoms. The predicted molar refractivity (Wildman–Crippen MR) is 108 cm³/mol. The van der Waals surface area contributed by atoms with Crippen LogP contribution in [0.4, 0.5) is 17.5 Å². The topological polar surface area (TPSA) is 68.3 Å². The van der Waals surface area contributed by atoms with Crippen LogP contribution in [0.25, 0.3) is 0 Å². The third kappa shape index (κ3) is 5.34. The molecular weight excluding hydrogens is 340 g/mol. The molecule has 0 aliphatic heterocycles. The van der Waals surface area contributed by atoms with Gasteiger partial charge in [0.25, 0.3) is 0 Å². The molecule has 0 unspecified atom stereocenters. The van der Waals surface area contributed by atoms with Crippen molar-refractivity contribution in [1.29, 1.82) is 0 Å². The largest absolute Gasteiger partial charge is 0.497 e. The molecule has 0 saturated carbocycles. The zero-order valence-electron chi connectivity index (χ0n) is 15.6. The highest BCUT2D eigenvalue weighted by atomic mass is 16.5. The molecule has 3 aromatic rings. The van der Waals surface area contributed by atoms with Crippen LogP contribution in [0.5, 0.6) is 11.5 Å². The van der Waals surface area contributed by atoms with Crippen molar-refractivity contribution in [2.24, 2.45) is 0 Å². The van der Waals surface area contributed by atoms with Crippen LogP contribution in [0.2, 0.25) is 0 Å². The van der Waals surface area contributed by atoms with Crippen molar-refractivity contribution in [3.8, 4) is 11.5 Å². The van der Waals surface area contributed by atoms with E-state index in [1.54, 1.807) is 20.4 Å². The normalized spacial score (nSPS) is 10.3. The molecule has 2 N–H and O–H groups in total. The summed E-state index contributed by atoms with van der Waals surface area (Å²) in [6, 6.07) is 17.9. The van der Waals surface area contributed by atoms with E-state index in [-0.39, 0.29) is 0 Å². The van der Waals surface area contributed by atoms with Crippen LogP contribution in [0.15, 0.2) is 60.8 Å². The van der Waals surface area contributed by atoms with E-state index in [0.717, 1.165) is 36.6 Å². The van der Waals surface area contributed by atoms with Crippen molar-refractivity contribution >= 4 is 17.5 Å². The van der Waals surface area contributed by atoms with Crippen molar-refractivity contribution in [2.75, 3.05) is 31.4 Å². The molecule has 6 heteroatoms. The molecule has 0 amide bonds. The molecule has 2 aromatic carbocycles. The van der Waals surface area contributed by atoms with Gasteiger partial charge >= 0.3 is 0 Å². The Kier molecular flexibility index (Phi) is 6.46. The first-order valence-electron chi connectivity index (χ1n) is 8.88. The van der Waals surface area contributed by atoms with Crippen LogP contribution in [0.3, 0.4) is 0 Å². The number of methoxy groups -OCH3 is 2. The lowest BCUT2D eigenvalue weighted by molar-refractivity contribution is 0.395. The lowest BCUT2D eigenvalue weighted by Gasteiger charge is -2.12. The Bertz CT molecular complexity index is 856. The van der Waals surface area contributed by atoms with Gasteiger partial charge in [0.1, 0.15) is 17.3 Å². The van der Waals surface area contributed by atoms with Crippen LogP contribution >= 0.6 is 0 Å². The number of hydrogen-bond donors (Lipinski definition) is 2. The maximum atomic E-state index is 5.40. The Morgan fingerprint density at radius 2 is 1.81 bits per heavy atom. The summed E-state index contributed by atoms with van der Waals surface area (Å²) >= 11 is 0. The van der Waals surface area contributed by atoms with Crippen molar-refractivity contribution in [3.05, 3.63) is 66.4 Å². The molecular formula is C21H24N4O2. The molecule has 27 heavy (non-hydrogen) atoms. The summed E-state index contributed by atoms with van der Waals surface area (Å²) < 4.78 is 10.6. The summed E-state index contributed by atoms with van der Waals surface area (Å²) in [5.41, 5.74) is 2.12. The summed E-state index contributed by atoms with van der Waals surface area (Å²) in [5.74, 6) is 2.69. The predicted octanol–water partition coefficient (Wildman–Crippen LogP) is 4.28. The molecule has 1 heterocycles. The van der Waals surface area contributed by atoms with Crippen LogP contribution in [-0.2, 0) is 6.42 Å². The van der Waals surface area contributed by atoms with Gasteiger partial charge in [-0.3, -0.25) is 0 Å². The smallest absolute Gasteiger partial charge is 0.229 e. The van der Waals surface area contributed by atoms with E-state index in [1.807, 2.05) is 30.3 Å². The van der Waals surface area contributed by atoms with Gasteiger partial charge in [0.15, 0.2) is 0 Å². The third-order valence-electron chi connectivity index (χ3n) is 4.10. The van der Waals surface area contributed by atoms with Gasteiger partial charge in [0, 0.05) is 18.8 Å². The molecule has 0 radical (unpaired) electrons. The number of nitrogens with zero attached hydrogens (tertiary/aromatic N) is 2. The standard InChI is InChI=1S/C21H24N4O2/c1-26-17-10-11-18(19(15-17)27-2)24-21-23-14-12-20(25-21)22-13-6-9-16-7-4-3-5-8-16/h3-5,7-8,10-12,14-15H,6,9,13H2,1-2H3,(H2,22,23,24,25). The minimum Gasteiger partial charge on any atom is -0.497 e. The molecule has 0 aliphatic rings. The van der Waals surface area contributed by atoms with Crippen molar-refractivity contribution in [1.82, 2.24) is 9.97 Å². The van der Waals surface area contributed by atoms with Crippen LogP contribution in [-0.4, -0.2) is 30.7 Å². The summed E-state index contributed by atoms with van der Waals surface area (Å²) in [4.78, 5) is 8.79. The van der Waals surface area contributed by atoms with E-state index < -0.39 is 0 Å². The number of aromatic nitrogens is 2. The Morgan fingerprint density at radius 3 is 2.59 bits per heavy atom. The van der Waals surface area contributed by atoms with Gasteiger partial charge < -0.3 is 20.1 Å². The SMILES string of the molecule is COc1ccc(Nc2nccc(NCCCc3ccccc3)n2)c(OC)c1. The second-order valence-corrected chi connectivity index (χ2v) is 5.97. The van der Waals surface area contributed by atoms with Crippen molar-refractivity contribution < 1.29 is 9.47 Å². The average Bonchev–Trinajstić information content (AvgIpc) is 2.72. The van der Waals surface area contributed by atoms with E-state index in [9.17, 15) is 0 Å². The number of rotatable bonds is 9. The fourth-order valence-corrected chi connectivity index (χ4v) is 2.69. The minimum absolute atomic E-state index is 0.506. The van der Waals surface area contributed by atoms with Gasteiger partial charge in [-0.25, -0.2) is 4.98 Å². The molecule has 0 atom stereocenters. The molecule has 1 aromatic heterocycles. The molecule has 0 spiro atoms. The Morgan fingerprint density at radius 1 is 0.963 bits per heavy atom. The molecule has 140 valence electrons. The fraction of sp³-hybridized carbons (Fsp3) is 0.238. The van der Waals surface area contributed by atoms with E-state index in [4.69, 9.17) is 9.47 Å². The first kappa shape index (κ1) is 18.5. The zero-order valence-corrected chi connectivity index (χ0v) is 15.6. The van der Waals surface area contributed by atoms with Gasteiger partial charge in [-0.15, -0.1) is 0 Å². The highest BCUT2D eigenvalue weighted by molar-refractivity contribution is 5.64. The molecule has 3 rings (SSSR count). The van der Waals surface area contributed by atoms with E-state index >= 15 is 0 Å². The molecule has 0 aliphatic carbocycles. The zero-order chi connectivity index (χ0) is 18.9. The fourth-order valence-electron chi connectivity index (χ4n) is 2.69. The van der Waals surface area contributed by atoms with E-state index in [0.29, 0.717) is 11.7 Å². The number of hydrogen-bond acceptors (Lipinski definition) is 6. The summed E-state index contributed by atoms with van der Waals surface area (Å²) in [6.07, 6.45) is 3.79. The molecule has 6 nitrogen and oxygen atoms in total. The Balaban J connectivity index is 1.57. The summed E-state index contributed by atoms with van der Waals surface area (Å²) in [7, 11) is 3.24. The van der Waals surface area contributed by atoms with Gasteiger partial charge in [-0.2, -0.15) is 4.98 Å². The third-order valence-corrected chi connectivity index (χ3v) is 4.10. The number of anilines is 3. The highest BCUT2D eigenvalue weighted by Gasteiger charge is 2.07. The Labute approximate surface area is 159 Å². The van der Waals surface area contributed by atoms with Gasteiger partial charge in [0.05, 0.1) is 19.9 Å². The van der Waals surface area contributed by atoms with Gasteiger partial charge in [-0.1, -0.05) is 30.3 Å². The Hall–Kier alpha value is -3.28. The summed E-state index contributed by atoms with van der Waals surface area (Å²) in [6.45, 7) is 0.844. The number of benzene rings is 2. The van der Waals surface area contributed by atoms with Crippen LogP contribution < -0.4 is 20.1 Å². The van der Waals surface area contributed by atoms with Crippen LogP contribution in [0.1, 0.15) is 12.0 Å². The molecule has 0 fully saturated rings. The lowest BCUT2D eigenvalue weighted by Crippen LogP contribution is -2.06. The summed E-state index contributed by atoms with van der Waals surface area (Å²) in [5, 5.41) is 6.53. The maximum absolute atomic E-state index is 5.40. The second-order valence-electron chi connectivity index (χ2n) is 5.97. The van der Waals surface area contributed by atoms with E-state index in [1.165, 1.54) is 5.56 Å². The second kappa shape index (κ2) is 9.43. The number of aryl methyl sites for hydroxylation is 1. The van der Waals surface area contributed by atoms with E-state index in [2.05, 4.69) is 44.9 Å².